The summed E-state index contributed by atoms with van der Waals surface area (Å²) in [6.07, 6.45) is 0. The van der Waals surface area contributed by atoms with Gasteiger partial charge in [0.25, 0.3) is 0 Å². The summed E-state index contributed by atoms with van der Waals surface area (Å²) in [7, 11) is -1.17. The van der Waals surface area contributed by atoms with Crippen molar-refractivity contribution in [2.24, 2.45) is 5.41 Å². The molecular formula is C30H31NS2Si2. The van der Waals surface area contributed by atoms with Crippen molar-refractivity contribution in [3.63, 3.8) is 0 Å². The highest BCUT2D eigenvalue weighted by Crippen LogP contribution is 2.41. The maximum atomic E-state index is 4.95. The Labute approximate surface area is 221 Å². The van der Waals surface area contributed by atoms with Gasteiger partial charge in [0.15, 0.2) is 4.34 Å². The van der Waals surface area contributed by atoms with Crippen LogP contribution < -0.4 is 15.6 Å². The van der Waals surface area contributed by atoms with Crippen LogP contribution >= 0.6 is 23.1 Å². The van der Waals surface area contributed by atoms with E-state index in [0.29, 0.717) is 4.87 Å². The Morgan fingerprint density at radius 3 is 1.69 bits per heavy atom. The molecule has 0 N–H and O–H groups in total. The van der Waals surface area contributed by atoms with Gasteiger partial charge in [-0.2, -0.15) is 0 Å². The first-order valence-electron chi connectivity index (χ1n) is 12.2. The zero-order valence-corrected chi connectivity index (χ0v) is 25.2. The Kier molecular flexibility index (Phi) is 7.12. The van der Waals surface area contributed by atoms with Crippen molar-refractivity contribution >= 4 is 67.2 Å². The van der Waals surface area contributed by atoms with Crippen molar-refractivity contribution < 1.29 is 0 Å². The van der Waals surface area contributed by atoms with Crippen LogP contribution in [0.5, 0.6) is 0 Å². The third-order valence-electron chi connectivity index (χ3n) is 7.17. The summed E-state index contributed by atoms with van der Waals surface area (Å²) >= 11 is 3.83. The number of hydrogen-bond acceptors (Lipinski definition) is 3. The van der Waals surface area contributed by atoms with Crippen molar-refractivity contribution in [1.82, 2.24) is 4.98 Å². The monoisotopic (exact) mass is 525 g/mol. The second-order valence-corrected chi connectivity index (χ2v) is 18.4. The average molecular weight is 526 g/mol. The molecule has 0 spiro atoms. The van der Waals surface area contributed by atoms with Crippen LogP contribution in [-0.2, 0) is 0 Å². The van der Waals surface area contributed by atoms with Crippen LogP contribution in [0.2, 0.25) is 6.04 Å². The Morgan fingerprint density at radius 2 is 1.20 bits per heavy atom. The molecule has 0 saturated carbocycles. The van der Waals surface area contributed by atoms with E-state index >= 15 is 0 Å². The van der Waals surface area contributed by atoms with Gasteiger partial charge in [-0.15, -0.1) is 11.3 Å². The van der Waals surface area contributed by atoms with Crippen LogP contribution in [0.4, 0.5) is 0 Å². The molecule has 1 heterocycles. The predicted octanol–water partition coefficient (Wildman–Crippen LogP) is 5.28. The van der Waals surface area contributed by atoms with Crippen molar-refractivity contribution in [2.75, 3.05) is 0 Å². The van der Waals surface area contributed by atoms with E-state index in [1.165, 1.54) is 24.6 Å². The van der Waals surface area contributed by atoms with E-state index in [-0.39, 0.29) is 5.41 Å². The molecule has 0 radical (unpaired) electrons. The zero-order valence-electron chi connectivity index (χ0n) is 20.5. The molecule has 1 aromatic heterocycles. The Balaban J connectivity index is 1.58. The summed E-state index contributed by atoms with van der Waals surface area (Å²) in [6, 6.07) is 43.5. The van der Waals surface area contributed by atoms with Crippen LogP contribution in [0.15, 0.2) is 120 Å². The number of fused-ring (bicyclic) bond motifs is 1. The molecule has 4 aromatic carbocycles. The highest BCUT2D eigenvalue weighted by Gasteiger charge is 2.45. The minimum Gasteiger partial charge on any atom is -0.230 e. The van der Waals surface area contributed by atoms with Gasteiger partial charge in [-0.1, -0.05) is 129 Å². The smallest absolute Gasteiger partial charge is 0.151 e. The lowest BCUT2D eigenvalue weighted by Gasteiger charge is -2.42. The first-order valence-corrected chi connectivity index (χ1v) is 17.2. The van der Waals surface area contributed by atoms with Crippen LogP contribution in [-0.4, -0.2) is 28.2 Å². The molecule has 0 bridgehead atoms. The number of thiazole rings is 1. The Hall–Kier alpha value is -2.45. The number of thioether (sulfide) groups is 1. The summed E-state index contributed by atoms with van der Waals surface area (Å²) in [4.78, 5) is 5.50. The van der Waals surface area contributed by atoms with E-state index in [2.05, 4.69) is 129 Å². The van der Waals surface area contributed by atoms with Crippen molar-refractivity contribution in [2.45, 2.75) is 29.1 Å². The topological polar surface area (TPSA) is 12.9 Å². The van der Waals surface area contributed by atoms with E-state index < -0.39 is 8.07 Å². The number of hydrogen-bond donors (Lipinski definition) is 0. The number of para-hydroxylation sites is 1. The quantitative estimate of drug-likeness (QED) is 0.155. The lowest BCUT2D eigenvalue weighted by molar-refractivity contribution is 0.450. The van der Waals surface area contributed by atoms with E-state index in [4.69, 9.17) is 4.98 Å². The molecule has 1 atom stereocenters. The molecule has 0 aliphatic heterocycles. The minimum absolute atomic E-state index is 0.141. The molecule has 0 amide bonds. The maximum Gasteiger partial charge on any atom is 0.151 e. The van der Waals surface area contributed by atoms with Gasteiger partial charge in [0, 0.05) is 15.1 Å². The molecule has 0 aliphatic carbocycles. The van der Waals surface area contributed by atoms with Crippen molar-refractivity contribution in [1.29, 1.82) is 0 Å². The zero-order chi connectivity index (χ0) is 24.3. The van der Waals surface area contributed by atoms with Crippen molar-refractivity contribution in [3.8, 4) is 0 Å². The van der Waals surface area contributed by atoms with Gasteiger partial charge in [0.05, 0.1) is 10.2 Å². The predicted molar refractivity (Wildman–Crippen MR) is 162 cm³/mol. The van der Waals surface area contributed by atoms with E-state index in [1.807, 2.05) is 23.1 Å². The molecule has 0 fully saturated rings. The van der Waals surface area contributed by atoms with E-state index in [1.54, 1.807) is 0 Å². The summed E-state index contributed by atoms with van der Waals surface area (Å²) in [6.45, 7) is 4.98. The molecule has 35 heavy (non-hydrogen) atoms. The van der Waals surface area contributed by atoms with Gasteiger partial charge in [-0.25, -0.2) is 4.98 Å². The second-order valence-electron chi connectivity index (χ2n) is 9.88. The van der Waals surface area contributed by atoms with E-state index in [0.717, 1.165) is 21.8 Å². The molecule has 0 saturated heterocycles. The second kappa shape index (κ2) is 10.3. The van der Waals surface area contributed by atoms with Crippen molar-refractivity contribution in [3.05, 3.63) is 115 Å². The normalized spacial score (nSPS) is 13.2. The number of nitrogens with zero attached hydrogens (tertiary/aromatic N) is 1. The van der Waals surface area contributed by atoms with Crippen LogP contribution in [0.3, 0.4) is 0 Å². The average Bonchev–Trinajstić information content (AvgIpc) is 3.31. The summed E-state index contributed by atoms with van der Waals surface area (Å²) in [5.74, 6) is 0. The maximum absolute atomic E-state index is 4.95. The molecule has 5 heteroatoms. The van der Waals surface area contributed by atoms with Crippen LogP contribution in [0, 0.1) is 5.41 Å². The summed E-state index contributed by atoms with van der Waals surface area (Å²) < 4.78 is 2.48. The Morgan fingerprint density at radius 1 is 0.743 bits per heavy atom. The van der Waals surface area contributed by atoms with Gasteiger partial charge < -0.3 is 0 Å². The van der Waals surface area contributed by atoms with Gasteiger partial charge in [0.1, 0.15) is 8.07 Å². The summed E-state index contributed by atoms with van der Waals surface area (Å²) in [5.41, 5.74) is 1.26. The van der Waals surface area contributed by atoms with E-state index in [9.17, 15) is 0 Å². The third kappa shape index (κ3) is 4.96. The lowest BCUT2D eigenvalue weighted by atomic mass is 9.99. The molecule has 1 unspecified atom stereocenters. The SMILES string of the molecule is CC(C)(C[Si](c1ccccc1)(c1ccccc1)c1ccccc1)C([SiH3])Sc1nc2ccccc2s1. The van der Waals surface area contributed by atoms with Gasteiger partial charge in [-0.3, -0.25) is 0 Å². The largest absolute Gasteiger partial charge is 0.230 e. The fraction of sp³-hybridized carbons (Fsp3) is 0.167. The van der Waals surface area contributed by atoms with Crippen LogP contribution in [0.1, 0.15) is 13.8 Å². The molecule has 5 aromatic rings. The molecule has 1 nitrogen and oxygen atoms in total. The van der Waals surface area contributed by atoms with Gasteiger partial charge in [0.2, 0.25) is 0 Å². The Bertz CT molecular complexity index is 1260. The first-order chi connectivity index (χ1) is 17.0. The lowest BCUT2D eigenvalue weighted by Crippen LogP contribution is -2.69. The fourth-order valence-corrected chi connectivity index (χ4v) is 15.0. The van der Waals surface area contributed by atoms with Gasteiger partial charge in [-0.05, 0) is 39.2 Å². The molecule has 5 rings (SSSR count). The molecule has 176 valence electrons. The highest BCUT2D eigenvalue weighted by molar-refractivity contribution is 8.02. The fourth-order valence-electron chi connectivity index (χ4n) is 5.01. The first kappa shape index (κ1) is 24.3. The molecule has 0 aliphatic rings. The van der Waals surface area contributed by atoms with Crippen LogP contribution in [0.25, 0.3) is 10.2 Å². The molecular weight excluding hydrogens is 495 g/mol. The summed E-state index contributed by atoms with van der Waals surface area (Å²) in [5, 5.41) is 4.47. The number of rotatable bonds is 8. The number of aromatic nitrogens is 1. The highest BCUT2D eigenvalue weighted by atomic mass is 32.2. The van der Waals surface area contributed by atoms with Gasteiger partial charge >= 0.3 is 0 Å². The number of benzene rings is 4. The minimum atomic E-state index is -2.28. The standard InChI is InChI=1S/C30H31NS2Si2/c1-30(2,28(34)33-29-31-26-20-12-13-21-27(26)32-29)22-35(23-14-6-3-7-15-23,24-16-8-4-9-17-24)25-18-10-5-11-19-25/h3-21,28H,22H2,1-2,34H3. The third-order valence-corrected chi connectivity index (χ3v) is 17.5.